The number of halogens is 1. The maximum atomic E-state index is 13.0. The topological polar surface area (TPSA) is 128 Å². The van der Waals surface area contributed by atoms with Crippen LogP contribution in [0.1, 0.15) is 17.3 Å². The highest BCUT2D eigenvalue weighted by molar-refractivity contribution is 8.00. The van der Waals surface area contributed by atoms with Crippen molar-refractivity contribution in [3.63, 3.8) is 0 Å². The number of rotatable bonds is 9. The first-order valence-electron chi connectivity index (χ1n) is 10.3. The molecule has 0 saturated carbocycles. The molecule has 0 fully saturated rings. The van der Waals surface area contributed by atoms with Crippen molar-refractivity contribution in [2.45, 2.75) is 17.9 Å². The van der Waals surface area contributed by atoms with Gasteiger partial charge in [0.15, 0.2) is 6.10 Å². The van der Waals surface area contributed by atoms with Gasteiger partial charge in [0.1, 0.15) is 5.82 Å². The molecule has 2 N–H and O–H groups in total. The van der Waals surface area contributed by atoms with Crippen molar-refractivity contribution in [1.82, 2.24) is 0 Å². The van der Waals surface area contributed by atoms with Crippen LogP contribution in [0.15, 0.2) is 77.7 Å². The predicted octanol–water partition coefficient (Wildman–Crippen LogP) is 4.65. The Balaban J connectivity index is 1.57. The van der Waals surface area contributed by atoms with Crippen molar-refractivity contribution in [3.05, 3.63) is 94.3 Å². The maximum absolute atomic E-state index is 13.0. The number of non-ortho nitro benzene ring substituents is 1. The molecule has 0 aliphatic carbocycles. The Bertz CT molecular complexity index is 1230. The zero-order valence-corrected chi connectivity index (χ0v) is 19.2. The second kappa shape index (κ2) is 11.7. The minimum absolute atomic E-state index is 0.0160. The molecule has 3 rings (SSSR count). The molecule has 0 radical (unpaired) electrons. The average Bonchev–Trinajstić information content (AvgIpc) is 2.84. The summed E-state index contributed by atoms with van der Waals surface area (Å²) in [4.78, 5) is 48.0. The first kappa shape index (κ1) is 25.4. The molecule has 35 heavy (non-hydrogen) atoms. The van der Waals surface area contributed by atoms with Crippen LogP contribution in [0.5, 0.6) is 0 Å². The smallest absolute Gasteiger partial charge is 0.340 e. The number of carbonyl (C=O) groups excluding carboxylic acids is 3. The van der Waals surface area contributed by atoms with E-state index in [0.29, 0.717) is 16.3 Å². The van der Waals surface area contributed by atoms with E-state index in [4.69, 9.17) is 4.74 Å². The lowest BCUT2D eigenvalue weighted by Crippen LogP contribution is -2.30. The van der Waals surface area contributed by atoms with Crippen LogP contribution in [0.3, 0.4) is 0 Å². The number of nitro benzene ring substituents is 1. The summed E-state index contributed by atoms with van der Waals surface area (Å²) in [6.07, 6.45) is -1.16. The highest BCUT2D eigenvalue weighted by Crippen LogP contribution is 2.24. The van der Waals surface area contributed by atoms with Crippen molar-refractivity contribution >= 4 is 46.6 Å². The molecule has 0 aromatic heterocycles. The molecule has 0 aliphatic rings. The van der Waals surface area contributed by atoms with Crippen LogP contribution in [-0.4, -0.2) is 34.6 Å². The number of ether oxygens (including phenoxy) is 1. The van der Waals surface area contributed by atoms with Gasteiger partial charge < -0.3 is 15.4 Å². The number of benzene rings is 3. The monoisotopic (exact) mass is 497 g/mol. The summed E-state index contributed by atoms with van der Waals surface area (Å²) in [7, 11) is 0. The van der Waals surface area contributed by atoms with E-state index in [2.05, 4.69) is 10.6 Å². The van der Waals surface area contributed by atoms with E-state index in [-0.39, 0.29) is 22.9 Å². The highest BCUT2D eigenvalue weighted by atomic mass is 32.2. The lowest BCUT2D eigenvalue weighted by atomic mass is 10.2. The Kier molecular flexibility index (Phi) is 8.52. The molecule has 1 unspecified atom stereocenters. The van der Waals surface area contributed by atoms with Gasteiger partial charge in [-0.15, -0.1) is 11.8 Å². The van der Waals surface area contributed by atoms with Crippen molar-refractivity contribution in [1.29, 1.82) is 0 Å². The number of anilines is 2. The quantitative estimate of drug-likeness (QED) is 0.191. The van der Waals surface area contributed by atoms with Crippen molar-refractivity contribution in [3.8, 4) is 0 Å². The Labute approximate surface area is 203 Å². The zero-order valence-electron chi connectivity index (χ0n) is 18.4. The molecule has 0 saturated heterocycles. The summed E-state index contributed by atoms with van der Waals surface area (Å²) in [5.74, 6) is -2.15. The van der Waals surface area contributed by atoms with Gasteiger partial charge in [-0.2, -0.15) is 0 Å². The maximum Gasteiger partial charge on any atom is 0.340 e. The largest absolute Gasteiger partial charge is 0.449 e. The Morgan fingerprint density at radius 3 is 2.23 bits per heavy atom. The van der Waals surface area contributed by atoms with E-state index in [9.17, 15) is 28.9 Å². The first-order chi connectivity index (χ1) is 16.7. The SMILES string of the molecule is CC(OC(=O)c1ccccc1SCC(=O)Nc1ccc(F)cc1)C(=O)Nc1ccc([N+](=O)[O-])cc1. The lowest BCUT2D eigenvalue weighted by molar-refractivity contribution is -0.384. The van der Waals surface area contributed by atoms with Crippen molar-refractivity contribution < 1.29 is 28.4 Å². The standard InChI is InChI=1S/C24H20FN3O6S/c1-15(23(30)27-18-10-12-19(13-11-18)28(32)33)34-24(31)20-4-2-3-5-21(20)35-14-22(29)26-17-8-6-16(25)7-9-17/h2-13,15H,14H2,1H3,(H,26,29)(H,27,30). The average molecular weight is 498 g/mol. The molecule has 1 atom stereocenters. The summed E-state index contributed by atoms with van der Waals surface area (Å²) in [6, 6.07) is 17.0. The highest BCUT2D eigenvalue weighted by Gasteiger charge is 2.21. The van der Waals surface area contributed by atoms with E-state index in [1.54, 1.807) is 18.2 Å². The molecule has 0 aliphatic heterocycles. The number of esters is 1. The van der Waals surface area contributed by atoms with Crippen LogP contribution in [0.2, 0.25) is 0 Å². The second-order valence-corrected chi connectivity index (χ2v) is 8.20. The molecular formula is C24H20FN3O6S. The Morgan fingerprint density at radius 1 is 0.971 bits per heavy atom. The van der Waals surface area contributed by atoms with Gasteiger partial charge in [-0.1, -0.05) is 12.1 Å². The number of carbonyl (C=O) groups is 3. The van der Waals surface area contributed by atoms with E-state index in [1.165, 1.54) is 61.5 Å². The fourth-order valence-electron chi connectivity index (χ4n) is 2.82. The molecule has 0 spiro atoms. The van der Waals surface area contributed by atoms with Crippen LogP contribution in [0.4, 0.5) is 21.5 Å². The number of hydrogen-bond acceptors (Lipinski definition) is 7. The summed E-state index contributed by atoms with van der Waals surface area (Å²) in [5.41, 5.74) is 0.814. The van der Waals surface area contributed by atoms with Gasteiger partial charge in [-0.3, -0.25) is 19.7 Å². The number of nitrogens with one attached hydrogen (secondary N) is 2. The van der Waals surface area contributed by atoms with Crippen LogP contribution < -0.4 is 10.6 Å². The summed E-state index contributed by atoms with van der Waals surface area (Å²) in [6.45, 7) is 1.39. The summed E-state index contributed by atoms with van der Waals surface area (Å²) < 4.78 is 18.3. The predicted molar refractivity (Wildman–Crippen MR) is 129 cm³/mol. The van der Waals surface area contributed by atoms with Crippen LogP contribution in [0.25, 0.3) is 0 Å². The third kappa shape index (κ3) is 7.37. The van der Waals surface area contributed by atoms with Gasteiger partial charge >= 0.3 is 5.97 Å². The number of amides is 2. The summed E-state index contributed by atoms with van der Waals surface area (Å²) >= 11 is 1.11. The Hall–Kier alpha value is -4.25. The number of nitro groups is 1. The molecule has 3 aromatic carbocycles. The normalized spacial score (nSPS) is 11.3. The number of nitrogens with zero attached hydrogens (tertiary/aromatic N) is 1. The van der Waals surface area contributed by atoms with E-state index in [0.717, 1.165) is 11.8 Å². The van der Waals surface area contributed by atoms with E-state index >= 15 is 0 Å². The molecular weight excluding hydrogens is 477 g/mol. The van der Waals surface area contributed by atoms with Crippen molar-refractivity contribution in [2.24, 2.45) is 0 Å². The fourth-order valence-corrected chi connectivity index (χ4v) is 3.66. The third-order valence-electron chi connectivity index (χ3n) is 4.59. The molecule has 3 aromatic rings. The van der Waals surface area contributed by atoms with Gasteiger partial charge in [-0.05, 0) is 55.5 Å². The van der Waals surface area contributed by atoms with Gasteiger partial charge in [0.05, 0.1) is 16.2 Å². The van der Waals surface area contributed by atoms with Crippen LogP contribution in [-0.2, 0) is 14.3 Å². The molecule has 0 heterocycles. The Morgan fingerprint density at radius 2 is 1.57 bits per heavy atom. The van der Waals surface area contributed by atoms with Crippen LogP contribution in [0, 0.1) is 15.9 Å². The summed E-state index contributed by atoms with van der Waals surface area (Å²) in [5, 5.41) is 15.9. The lowest BCUT2D eigenvalue weighted by Gasteiger charge is -2.15. The van der Waals surface area contributed by atoms with Crippen LogP contribution >= 0.6 is 11.8 Å². The van der Waals surface area contributed by atoms with Gasteiger partial charge in [-0.25, -0.2) is 9.18 Å². The van der Waals surface area contributed by atoms with E-state index in [1.807, 2.05) is 0 Å². The fraction of sp³-hybridized carbons (Fsp3) is 0.125. The number of thioether (sulfide) groups is 1. The van der Waals surface area contributed by atoms with Gasteiger partial charge in [0.2, 0.25) is 5.91 Å². The van der Waals surface area contributed by atoms with Gasteiger partial charge in [0, 0.05) is 28.4 Å². The number of hydrogen-bond donors (Lipinski definition) is 2. The second-order valence-electron chi connectivity index (χ2n) is 7.18. The molecule has 9 nitrogen and oxygen atoms in total. The first-order valence-corrected chi connectivity index (χ1v) is 11.2. The minimum Gasteiger partial charge on any atom is -0.449 e. The molecule has 0 bridgehead atoms. The van der Waals surface area contributed by atoms with E-state index < -0.39 is 28.7 Å². The zero-order chi connectivity index (χ0) is 25.4. The third-order valence-corrected chi connectivity index (χ3v) is 5.67. The minimum atomic E-state index is -1.16. The molecule has 11 heteroatoms. The molecule has 2 amide bonds. The van der Waals surface area contributed by atoms with Crippen molar-refractivity contribution in [2.75, 3.05) is 16.4 Å². The molecule has 180 valence electrons. The van der Waals surface area contributed by atoms with Gasteiger partial charge in [0.25, 0.3) is 11.6 Å².